The first-order chi connectivity index (χ1) is 15.3. The van der Waals surface area contributed by atoms with Crippen LogP contribution in [0.15, 0.2) is 48.5 Å². The molecule has 2 N–H and O–H groups in total. The number of anilines is 2. The number of rotatable bonds is 6. The average Bonchev–Trinajstić information content (AvgIpc) is 2.77. The Balaban J connectivity index is 1.52. The van der Waals surface area contributed by atoms with Gasteiger partial charge in [0.25, 0.3) is 5.91 Å². The molecule has 1 aliphatic heterocycles. The molecule has 0 aromatic heterocycles. The normalized spacial score (nSPS) is 13.6. The number of ether oxygens (including phenoxy) is 1. The van der Waals surface area contributed by atoms with E-state index in [9.17, 15) is 18.8 Å². The third-order valence-corrected chi connectivity index (χ3v) is 4.97. The summed E-state index contributed by atoms with van der Waals surface area (Å²) < 4.78 is 19.2. The van der Waals surface area contributed by atoms with E-state index in [0.29, 0.717) is 37.6 Å². The molecule has 1 fully saturated rings. The smallest absolute Gasteiger partial charge is 0.340 e. The second-order valence-electron chi connectivity index (χ2n) is 7.69. The molecule has 2 aromatic carbocycles. The number of para-hydroxylation sites is 2. The first kappa shape index (κ1) is 23.1. The van der Waals surface area contributed by atoms with Gasteiger partial charge in [0.15, 0.2) is 6.61 Å². The van der Waals surface area contributed by atoms with Crippen LogP contribution in [0.4, 0.5) is 20.6 Å². The van der Waals surface area contributed by atoms with E-state index < -0.39 is 18.6 Å². The molecule has 0 radical (unpaired) electrons. The number of esters is 1. The maximum Gasteiger partial charge on any atom is 0.340 e. The minimum atomic E-state index is -0.705. The summed E-state index contributed by atoms with van der Waals surface area (Å²) in [6, 6.07) is 12.5. The largest absolute Gasteiger partial charge is 0.452 e. The van der Waals surface area contributed by atoms with Crippen LogP contribution in [0.2, 0.25) is 0 Å². The van der Waals surface area contributed by atoms with Crippen molar-refractivity contribution in [2.75, 3.05) is 43.0 Å². The van der Waals surface area contributed by atoms with E-state index in [1.165, 1.54) is 12.1 Å². The Labute approximate surface area is 186 Å². The minimum Gasteiger partial charge on any atom is -0.452 e. The second kappa shape index (κ2) is 10.6. The van der Waals surface area contributed by atoms with E-state index in [0.717, 1.165) is 0 Å². The number of amides is 3. The van der Waals surface area contributed by atoms with E-state index in [4.69, 9.17) is 4.74 Å². The number of urea groups is 1. The van der Waals surface area contributed by atoms with E-state index >= 15 is 0 Å². The number of piperazine rings is 1. The second-order valence-corrected chi connectivity index (χ2v) is 7.69. The van der Waals surface area contributed by atoms with Gasteiger partial charge in [-0.3, -0.25) is 4.79 Å². The highest BCUT2D eigenvalue weighted by Gasteiger charge is 2.24. The van der Waals surface area contributed by atoms with Gasteiger partial charge >= 0.3 is 12.0 Å². The van der Waals surface area contributed by atoms with Crippen LogP contribution >= 0.6 is 0 Å². The van der Waals surface area contributed by atoms with Crippen molar-refractivity contribution in [1.29, 1.82) is 0 Å². The minimum absolute atomic E-state index is 0.0643. The molecule has 0 saturated carbocycles. The lowest BCUT2D eigenvalue weighted by atomic mass is 10.2. The van der Waals surface area contributed by atoms with Crippen LogP contribution < -0.4 is 15.5 Å². The van der Waals surface area contributed by atoms with Crippen molar-refractivity contribution >= 4 is 29.3 Å². The van der Waals surface area contributed by atoms with Gasteiger partial charge in [0.2, 0.25) is 0 Å². The van der Waals surface area contributed by atoms with Crippen molar-refractivity contribution in [2.45, 2.75) is 19.9 Å². The molecule has 0 atom stereocenters. The Kier molecular flexibility index (Phi) is 7.64. The summed E-state index contributed by atoms with van der Waals surface area (Å²) >= 11 is 0. The molecule has 0 aliphatic carbocycles. The molecule has 1 heterocycles. The Morgan fingerprint density at radius 1 is 1.00 bits per heavy atom. The van der Waals surface area contributed by atoms with Crippen LogP contribution in [0, 0.1) is 5.82 Å². The molecular formula is C23H27FN4O4. The fourth-order valence-electron chi connectivity index (χ4n) is 3.39. The predicted octanol–water partition coefficient (Wildman–Crippen LogP) is 2.86. The lowest BCUT2D eigenvalue weighted by Crippen LogP contribution is -2.50. The number of hydrogen-bond donors (Lipinski definition) is 2. The van der Waals surface area contributed by atoms with Gasteiger partial charge in [0.05, 0.1) is 16.9 Å². The molecule has 0 unspecified atom stereocenters. The van der Waals surface area contributed by atoms with Crippen molar-refractivity contribution in [1.82, 2.24) is 10.2 Å². The van der Waals surface area contributed by atoms with E-state index in [2.05, 4.69) is 10.6 Å². The summed E-state index contributed by atoms with van der Waals surface area (Å²) in [6.07, 6.45) is 0. The summed E-state index contributed by atoms with van der Waals surface area (Å²) in [5, 5.41) is 5.30. The van der Waals surface area contributed by atoms with Gasteiger partial charge in [0, 0.05) is 32.2 Å². The summed E-state index contributed by atoms with van der Waals surface area (Å²) in [5.41, 5.74) is 0.960. The average molecular weight is 442 g/mol. The van der Waals surface area contributed by atoms with Crippen LogP contribution in [0.5, 0.6) is 0 Å². The topological polar surface area (TPSA) is 91.0 Å². The number of nitrogens with zero attached hydrogens (tertiary/aromatic N) is 2. The standard InChI is InChI=1S/C23H27FN4O4/c1-16(2)25-23(31)26-19-9-5-3-7-17(19)22(30)32-15-21(29)28-13-11-27(12-14-28)20-10-6-4-8-18(20)24/h3-10,16H,11-15H2,1-2H3,(H2,25,26,31). The molecule has 0 bridgehead atoms. The molecule has 2 aromatic rings. The maximum absolute atomic E-state index is 14.0. The summed E-state index contributed by atoms with van der Waals surface area (Å²) in [6.45, 7) is 5.00. The van der Waals surface area contributed by atoms with Gasteiger partial charge in [-0.1, -0.05) is 24.3 Å². The fraction of sp³-hybridized carbons (Fsp3) is 0.348. The number of carbonyl (C=O) groups is 3. The quantitative estimate of drug-likeness (QED) is 0.672. The number of benzene rings is 2. The van der Waals surface area contributed by atoms with Gasteiger partial charge in [-0.15, -0.1) is 0 Å². The van der Waals surface area contributed by atoms with Crippen molar-refractivity contribution in [3.8, 4) is 0 Å². The monoisotopic (exact) mass is 442 g/mol. The molecule has 32 heavy (non-hydrogen) atoms. The number of hydrogen-bond acceptors (Lipinski definition) is 5. The van der Waals surface area contributed by atoms with Crippen molar-refractivity contribution in [3.63, 3.8) is 0 Å². The van der Waals surface area contributed by atoms with Crippen molar-refractivity contribution in [2.24, 2.45) is 0 Å². The molecule has 1 aliphatic rings. The van der Waals surface area contributed by atoms with Crippen LogP contribution in [0.25, 0.3) is 0 Å². The van der Waals surface area contributed by atoms with Gasteiger partial charge < -0.3 is 25.2 Å². The van der Waals surface area contributed by atoms with E-state index in [1.54, 1.807) is 41.3 Å². The van der Waals surface area contributed by atoms with Crippen LogP contribution in [-0.2, 0) is 9.53 Å². The zero-order valence-electron chi connectivity index (χ0n) is 18.1. The number of carbonyl (C=O) groups excluding carboxylic acids is 3. The van der Waals surface area contributed by atoms with Gasteiger partial charge in [-0.2, -0.15) is 0 Å². The third kappa shape index (κ3) is 5.96. The molecular weight excluding hydrogens is 415 g/mol. The first-order valence-electron chi connectivity index (χ1n) is 10.5. The molecule has 1 saturated heterocycles. The maximum atomic E-state index is 14.0. The number of halogens is 1. The molecule has 3 amide bonds. The van der Waals surface area contributed by atoms with Crippen LogP contribution in [-0.4, -0.2) is 61.6 Å². The van der Waals surface area contributed by atoms with Gasteiger partial charge in [-0.05, 0) is 38.1 Å². The third-order valence-electron chi connectivity index (χ3n) is 4.97. The molecule has 170 valence electrons. The molecule has 3 rings (SSSR count). The van der Waals surface area contributed by atoms with Crippen molar-refractivity contribution < 1.29 is 23.5 Å². The van der Waals surface area contributed by atoms with E-state index in [-0.39, 0.29) is 23.3 Å². The summed E-state index contributed by atoms with van der Waals surface area (Å²) in [4.78, 5) is 40.5. The SMILES string of the molecule is CC(C)NC(=O)Nc1ccccc1C(=O)OCC(=O)N1CCN(c2ccccc2F)CC1. The lowest BCUT2D eigenvalue weighted by molar-refractivity contribution is -0.134. The zero-order valence-corrected chi connectivity index (χ0v) is 18.1. The zero-order chi connectivity index (χ0) is 23.1. The summed E-state index contributed by atoms with van der Waals surface area (Å²) in [7, 11) is 0. The van der Waals surface area contributed by atoms with Gasteiger partial charge in [-0.25, -0.2) is 14.0 Å². The number of nitrogens with one attached hydrogen (secondary N) is 2. The Morgan fingerprint density at radius 2 is 1.66 bits per heavy atom. The Bertz CT molecular complexity index is 974. The Hall–Kier alpha value is -3.62. The summed E-state index contributed by atoms with van der Waals surface area (Å²) in [5.74, 6) is -1.33. The highest BCUT2D eigenvalue weighted by Crippen LogP contribution is 2.20. The van der Waals surface area contributed by atoms with Gasteiger partial charge in [0.1, 0.15) is 5.82 Å². The van der Waals surface area contributed by atoms with Crippen LogP contribution in [0.3, 0.4) is 0 Å². The predicted molar refractivity (Wildman–Crippen MR) is 119 cm³/mol. The molecule has 9 heteroatoms. The lowest BCUT2D eigenvalue weighted by Gasteiger charge is -2.36. The van der Waals surface area contributed by atoms with Crippen molar-refractivity contribution in [3.05, 3.63) is 59.9 Å². The Morgan fingerprint density at radius 3 is 2.34 bits per heavy atom. The highest BCUT2D eigenvalue weighted by atomic mass is 19.1. The highest BCUT2D eigenvalue weighted by molar-refractivity contribution is 6.01. The van der Waals surface area contributed by atoms with E-state index in [1.807, 2.05) is 18.7 Å². The molecule has 8 nitrogen and oxygen atoms in total. The van der Waals surface area contributed by atoms with Crippen LogP contribution in [0.1, 0.15) is 24.2 Å². The molecule has 0 spiro atoms. The first-order valence-corrected chi connectivity index (χ1v) is 10.5. The fourth-order valence-corrected chi connectivity index (χ4v) is 3.39.